The highest BCUT2D eigenvalue weighted by atomic mass is 79.9. The van der Waals surface area contributed by atoms with E-state index in [1.54, 1.807) is 0 Å². The summed E-state index contributed by atoms with van der Waals surface area (Å²) in [6, 6.07) is 3.80. The van der Waals surface area contributed by atoms with Crippen molar-refractivity contribution >= 4 is 39.1 Å². The van der Waals surface area contributed by atoms with E-state index in [2.05, 4.69) is 26.0 Å². The minimum Gasteiger partial charge on any atom is -0.468 e. The third kappa shape index (κ3) is 4.32. The van der Waals surface area contributed by atoms with Gasteiger partial charge in [0.25, 0.3) is 0 Å². The molecule has 0 saturated heterocycles. The smallest absolute Gasteiger partial charge is 0.321 e. The van der Waals surface area contributed by atoms with Crippen molar-refractivity contribution < 1.29 is 14.3 Å². The summed E-state index contributed by atoms with van der Waals surface area (Å²) in [5, 5.41) is 4.58. The van der Waals surface area contributed by atoms with Gasteiger partial charge >= 0.3 is 5.97 Å². The van der Waals surface area contributed by atoms with Crippen molar-refractivity contribution in [1.82, 2.24) is 5.32 Å². The molecule has 0 spiro atoms. The highest BCUT2D eigenvalue weighted by molar-refractivity contribution is 9.10. The van der Waals surface area contributed by atoms with E-state index in [-0.39, 0.29) is 12.5 Å². The number of ether oxygens (including phenoxy) is 1. The fourth-order valence-electron chi connectivity index (χ4n) is 1.05. The topological polar surface area (TPSA) is 55.4 Å². The lowest BCUT2D eigenvalue weighted by molar-refractivity contribution is -0.139. The molecule has 1 unspecified atom stereocenters. The number of carbonyl (C=O) groups is 2. The summed E-state index contributed by atoms with van der Waals surface area (Å²) in [4.78, 5) is 23.0. The van der Waals surface area contributed by atoms with Crippen LogP contribution >= 0.6 is 27.3 Å². The second kappa shape index (κ2) is 6.65. The minimum atomic E-state index is -0.496. The zero-order valence-corrected chi connectivity index (χ0v) is 11.1. The van der Waals surface area contributed by atoms with Crippen LogP contribution in [0.25, 0.3) is 0 Å². The van der Waals surface area contributed by atoms with Crippen molar-refractivity contribution in [3.63, 3.8) is 0 Å². The van der Waals surface area contributed by atoms with Gasteiger partial charge < -0.3 is 10.1 Å². The van der Waals surface area contributed by atoms with Gasteiger partial charge in [-0.15, -0.1) is 11.3 Å². The molecule has 0 bridgehead atoms. The normalized spacial score (nSPS) is 11.9. The van der Waals surface area contributed by atoms with Crippen molar-refractivity contribution in [2.75, 3.05) is 13.7 Å². The van der Waals surface area contributed by atoms with Crippen molar-refractivity contribution in [2.24, 2.45) is 0 Å². The zero-order chi connectivity index (χ0) is 12.0. The number of halogens is 1. The summed E-state index contributed by atoms with van der Waals surface area (Å²) in [5.74, 6) is -0.493. The van der Waals surface area contributed by atoms with Crippen LogP contribution in [0.3, 0.4) is 0 Å². The lowest BCUT2D eigenvalue weighted by atomic mass is 10.3. The van der Waals surface area contributed by atoms with Crippen LogP contribution in [0.4, 0.5) is 0 Å². The van der Waals surface area contributed by atoms with Crippen LogP contribution in [0, 0.1) is 0 Å². The maximum atomic E-state index is 11.4. The number of hydrogen-bond donors (Lipinski definition) is 1. The number of amides is 1. The number of methoxy groups -OCH3 is 1. The van der Waals surface area contributed by atoms with E-state index in [1.165, 1.54) is 18.4 Å². The lowest BCUT2D eigenvalue weighted by Crippen LogP contribution is -2.34. The summed E-state index contributed by atoms with van der Waals surface area (Å²) in [5.41, 5.74) is 0. The van der Waals surface area contributed by atoms with Gasteiger partial charge in [-0.3, -0.25) is 9.59 Å². The quantitative estimate of drug-likeness (QED) is 0.660. The number of esters is 1. The van der Waals surface area contributed by atoms with Crippen LogP contribution in [0.2, 0.25) is 0 Å². The molecule has 1 heterocycles. The van der Waals surface area contributed by atoms with Gasteiger partial charge in [-0.2, -0.15) is 0 Å². The Morgan fingerprint density at radius 2 is 2.38 bits per heavy atom. The van der Waals surface area contributed by atoms with Gasteiger partial charge in [-0.05, 0) is 11.4 Å². The molecule has 0 aromatic carbocycles. The summed E-state index contributed by atoms with van der Waals surface area (Å²) in [6.45, 7) is 0.233. The van der Waals surface area contributed by atoms with Crippen molar-refractivity contribution in [3.8, 4) is 0 Å². The monoisotopic (exact) mass is 305 g/mol. The fraction of sp³-hybridized carbons (Fsp3) is 0.400. The zero-order valence-electron chi connectivity index (χ0n) is 8.73. The first-order valence-corrected chi connectivity index (χ1v) is 6.44. The van der Waals surface area contributed by atoms with Crippen molar-refractivity contribution in [1.29, 1.82) is 0 Å². The SMILES string of the molecule is COC(=O)C(Br)CNC(=O)Cc1cccs1. The molecule has 16 heavy (non-hydrogen) atoms. The van der Waals surface area contributed by atoms with Gasteiger partial charge in [-0.1, -0.05) is 22.0 Å². The number of alkyl halides is 1. The van der Waals surface area contributed by atoms with Crippen LogP contribution in [-0.4, -0.2) is 30.4 Å². The Labute approximate surface area is 106 Å². The van der Waals surface area contributed by atoms with Gasteiger partial charge in [-0.25, -0.2) is 0 Å². The molecular formula is C10H12BrNO3S. The third-order valence-corrected chi connectivity index (χ3v) is 3.42. The van der Waals surface area contributed by atoms with E-state index in [9.17, 15) is 9.59 Å². The summed E-state index contributed by atoms with van der Waals surface area (Å²) >= 11 is 4.66. The number of nitrogens with one attached hydrogen (secondary N) is 1. The Hall–Kier alpha value is -0.880. The molecule has 0 saturated carbocycles. The molecule has 88 valence electrons. The molecule has 1 amide bonds. The van der Waals surface area contributed by atoms with E-state index in [0.29, 0.717) is 6.42 Å². The number of carbonyl (C=O) groups excluding carboxylic acids is 2. The maximum Gasteiger partial charge on any atom is 0.321 e. The molecule has 1 N–H and O–H groups in total. The largest absolute Gasteiger partial charge is 0.468 e. The Morgan fingerprint density at radius 3 is 2.94 bits per heavy atom. The number of hydrogen-bond acceptors (Lipinski definition) is 4. The first kappa shape index (κ1) is 13.2. The predicted molar refractivity (Wildman–Crippen MR) is 65.8 cm³/mol. The van der Waals surface area contributed by atoms with E-state index in [0.717, 1.165) is 4.88 Å². The van der Waals surface area contributed by atoms with Crippen LogP contribution in [0.5, 0.6) is 0 Å². The molecule has 1 atom stereocenters. The molecule has 0 aliphatic heterocycles. The summed E-state index contributed by atoms with van der Waals surface area (Å²) in [7, 11) is 1.31. The second-order valence-corrected chi connectivity index (χ2v) is 5.19. The third-order valence-electron chi connectivity index (χ3n) is 1.85. The predicted octanol–water partition coefficient (Wildman–Crippen LogP) is 1.34. The molecule has 1 rings (SSSR count). The van der Waals surface area contributed by atoms with Crippen LogP contribution in [-0.2, 0) is 20.7 Å². The number of thiophene rings is 1. The summed E-state index contributed by atoms with van der Waals surface area (Å²) < 4.78 is 4.52. The molecule has 6 heteroatoms. The fourth-order valence-corrected chi connectivity index (χ4v) is 2.10. The average Bonchev–Trinajstić information content (AvgIpc) is 2.77. The van der Waals surface area contributed by atoms with Gasteiger partial charge in [0.2, 0.25) is 5.91 Å². The standard InChI is InChI=1S/C10H12BrNO3S/c1-15-10(14)8(11)6-12-9(13)5-7-3-2-4-16-7/h2-4,8H,5-6H2,1H3,(H,12,13). The highest BCUT2D eigenvalue weighted by Gasteiger charge is 2.16. The molecule has 1 aromatic heterocycles. The number of rotatable bonds is 5. The van der Waals surface area contributed by atoms with Gasteiger partial charge in [0.1, 0.15) is 4.83 Å². The van der Waals surface area contributed by atoms with E-state index >= 15 is 0 Å². The lowest BCUT2D eigenvalue weighted by Gasteiger charge is -2.08. The second-order valence-electron chi connectivity index (χ2n) is 3.05. The van der Waals surface area contributed by atoms with Gasteiger partial charge in [0.15, 0.2) is 0 Å². The Morgan fingerprint density at radius 1 is 1.62 bits per heavy atom. The van der Waals surface area contributed by atoms with Crippen molar-refractivity contribution in [2.45, 2.75) is 11.2 Å². The minimum absolute atomic E-state index is 0.101. The van der Waals surface area contributed by atoms with E-state index in [1.807, 2.05) is 17.5 Å². The van der Waals surface area contributed by atoms with Crippen LogP contribution in [0.1, 0.15) is 4.88 Å². The highest BCUT2D eigenvalue weighted by Crippen LogP contribution is 2.09. The van der Waals surface area contributed by atoms with E-state index in [4.69, 9.17) is 0 Å². The first-order chi connectivity index (χ1) is 7.63. The maximum absolute atomic E-state index is 11.4. The molecule has 4 nitrogen and oxygen atoms in total. The Kier molecular flexibility index (Phi) is 5.48. The first-order valence-electron chi connectivity index (χ1n) is 4.64. The van der Waals surface area contributed by atoms with Gasteiger partial charge in [0, 0.05) is 11.4 Å². The Bertz CT molecular complexity index is 353. The molecule has 0 aliphatic carbocycles. The van der Waals surface area contributed by atoms with Crippen LogP contribution in [0.15, 0.2) is 17.5 Å². The molecule has 0 aliphatic rings. The molecule has 0 radical (unpaired) electrons. The van der Waals surface area contributed by atoms with E-state index < -0.39 is 10.8 Å². The molecule has 1 aromatic rings. The molecular weight excluding hydrogens is 294 g/mol. The van der Waals surface area contributed by atoms with Gasteiger partial charge in [0.05, 0.1) is 13.5 Å². The summed E-state index contributed by atoms with van der Waals surface area (Å²) in [6.07, 6.45) is 0.346. The molecule has 0 fully saturated rings. The average molecular weight is 306 g/mol. The van der Waals surface area contributed by atoms with Crippen molar-refractivity contribution in [3.05, 3.63) is 22.4 Å². The van der Waals surface area contributed by atoms with Crippen LogP contribution < -0.4 is 5.32 Å². The Balaban J connectivity index is 2.28.